The predicted molar refractivity (Wildman–Crippen MR) is 73.4 cm³/mol. The molecule has 5 heteroatoms. The van der Waals surface area contributed by atoms with Crippen LogP contribution in [0.15, 0.2) is 47.6 Å². The van der Waals surface area contributed by atoms with E-state index in [-0.39, 0.29) is 4.90 Å². The van der Waals surface area contributed by atoms with Crippen LogP contribution in [-0.4, -0.2) is 17.5 Å². The van der Waals surface area contributed by atoms with Gasteiger partial charge in [-0.3, -0.25) is 0 Å². The maximum Gasteiger partial charge on any atom is 0.267 e. The van der Waals surface area contributed by atoms with E-state index in [9.17, 15) is 13.5 Å². The zero-order valence-electron chi connectivity index (χ0n) is 11.2. The Kier molecular flexibility index (Phi) is 3.28. The molecule has 2 aromatic rings. The first-order chi connectivity index (χ1) is 8.71. The van der Waals surface area contributed by atoms with Crippen LogP contribution in [0.2, 0.25) is 0 Å². The van der Waals surface area contributed by atoms with Gasteiger partial charge in [0.05, 0.1) is 10.5 Å². The van der Waals surface area contributed by atoms with Crippen LogP contribution in [0.5, 0.6) is 0 Å². The highest BCUT2D eigenvalue weighted by molar-refractivity contribution is 7.90. The minimum atomic E-state index is -3.59. The molecule has 0 saturated carbocycles. The molecule has 0 bridgehead atoms. The van der Waals surface area contributed by atoms with E-state index in [2.05, 4.69) is 0 Å². The van der Waals surface area contributed by atoms with Crippen molar-refractivity contribution in [2.75, 3.05) is 0 Å². The topological polar surface area (TPSA) is 59.3 Å². The molecule has 0 spiro atoms. The van der Waals surface area contributed by atoms with E-state index in [0.29, 0.717) is 5.56 Å². The average Bonchev–Trinajstić information content (AvgIpc) is 2.79. The molecule has 19 heavy (non-hydrogen) atoms. The van der Waals surface area contributed by atoms with Crippen LogP contribution in [0, 0.1) is 6.92 Å². The molecule has 1 N–H and O–H groups in total. The van der Waals surface area contributed by atoms with Crippen LogP contribution in [0.25, 0.3) is 0 Å². The van der Waals surface area contributed by atoms with Gasteiger partial charge in [0.1, 0.15) is 0 Å². The van der Waals surface area contributed by atoms with Crippen LogP contribution >= 0.6 is 0 Å². The van der Waals surface area contributed by atoms with E-state index in [1.165, 1.54) is 12.4 Å². The Balaban J connectivity index is 2.46. The fourth-order valence-electron chi connectivity index (χ4n) is 1.72. The van der Waals surface area contributed by atoms with E-state index in [0.717, 1.165) is 9.54 Å². The summed E-state index contributed by atoms with van der Waals surface area (Å²) in [6.45, 7) is 5.13. The quantitative estimate of drug-likeness (QED) is 0.937. The van der Waals surface area contributed by atoms with Crippen molar-refractivity contribution in [2.45, 2.75) is 31.3 Å². The first-order valence-corrected chi connectivity index (χ1v) is 7.38. The number of hydrogen-bond acceptors (Lipinski definition) is 3. The highest BCUT2D eigenvalue weighted by Crippen LogP contribution is 2.22. The van der Waals surface area contributed by atoms with Gasteiger partial charge in [-0.25, -0.2) is 12.4 Å². The smallest absolute Gasteiger partial charge is 0.267 e. The summed E-state index contributed by atoms with van der Waals surface area (Å²) in [4.78, 5) is 0.232. The van der Waals surface area contributed by atoms with Gasteiger partial charge in [-0.05, 0) is 39.0 Å². The van der Waals surface area contributed by atoms with E-state index in [4.69, 9.17) is 0 Å². The molecule has 0 aliphatic heterocycles. The third-order valence-corrected chi connectivity index (χ3v) is 4.62. The SMILES string of the molecule is Cc1ccc(S(=O)(=O)n2ccc(C(C)(C)O)c2)cc1. The van der Waals surface area contributed by atoms with Crippen molar-refractivity contribution in [3.63, 3.8) is 0 Å². The molecule has 4 nitrogen and oxygen atoms in total. The molecule has 2 rings (SSSR count). The standard InChI is InChI=1S/C14H17NO3S/c1-11-4-6-13(7-5-11)19(17,18)15-9-8-12(10-15)14(2,3)16/h4-10,16H,1-3H3. The van der Waals surface area contributed by atoms with Crippen molar-refractivity contribution in [3.8, 4) is 0 Å². The zero-order chi connectivity index (χ0) is 14.3. The lowest BCUT2D eigenvalue weighted by Crippen LogP contribution is -2.15. The summed E-state index contributed by atoms with van der Waals surface area (Å²) in [6, 6.07) is 8.27. The largest absolute Gasteiger partial charge is 0.386 e. The van der Waals surface area contributed by atoms with Gasteiger partial charge in [0.15, 0.2) is 0 Å². The lowest BCUT2D eigenvalue weighted by Gasteiger charge is -2.14. The van der Waals surface area contributed by atoms with Crippen molar-refractivity contribution in [1.29, 1.82) is 0 Å². The average molecular weight is 279 g/mol. The van der Waals surface area contributed by atoms with E-state index in [1.807, 2.05) is 6.92 Å². The normalized spacial score (nSPS) is 12.6. The predicted octanol–water partition coefficient (Wildman–Crippen LogP) is 2.26. The maximum atomic E-state index is 12.4. The van der Waals surface area contributed by atoms with Crippen molar-refractivity contribution in [1.82, 2.24) is 3.97 Å². The number of rotatable bonds is 3. The van der Waals surface area contributed by atoms with Crippen LogP contribution in [0.3, 0.4) is 0 Å². The van der Waals surface area contributed by atoms with Crippen LogP contribution < -0.4 is 0 Å². The lowest BCUT2D eigenvalue weighted by molar-refractivity contribution is 0.0787. The van der Waals surface area contributed by atoms with Gasteiger partial charge in [-0.1, -0.05) is 17.7 Å². The van der Waals surface area contributed by atoms with Crippen molar-refractivity contribution < 1.29 is 13.5 Å². The van der Waals surface area contributed by atoms with Gasteiger partial charge in [0.2, 0.25) is 0 Å². The number of aryl methyl sites for hydroxylation is 1. The summed E-state index contributed by atoms with van der Waals surface area (Å²) in [5.41, 5.74) is 0.500. The third kappa shape index (κ3) is 2.72. The first-order valence-electron chi connectivity index (χ1n) is 5.94. The molecular formula is C14H17NO3S. The summed E-state index contributed by atoms with van der Waals surface area (Å²) in [7, 11) is -3.59. The Morgan fingerprint density at radius 3 is 2.16 bits per heavy atom. The number of hydrogen-bond donors (Lipinski definition) is 1. The van der Waals surface area contributed by atoms with E-state index < -0.39 is 15.6 Å². The summed E-state index contributed by atoms with van der Waals surface area (Å²) in [5, 5.41) is 9.87. The van der Waals surface area contributed by atoms with Crippen molar-refractivity contribution >= 4 is 10.0 Å². The van der Waals surface area contributed by atoms with Gasteiger partial charge in [0.25, 0.3) is 10.0 Å². The summed E-state index contributed by atoms with van der Waals surface area (Å²) in [6.07, 6.45) is 2.89. The van der Waals surface area contributed by atoms with Crippen LogP contribution in [-0.2, 0) is 15.6 Å². The monoisotopic (exact) mass is 279 g/mol. The molecule has 0 unspecified atom stereocenters. The number of aromatic nitrogens is 1. The molecule has 0 aliphatic rings. The second-order valence-electron chi connectivity index (χ2n) is 5.11. The molecule has 1 aromatic carbocycles. The second kappa shape index (κ2) is 4.51. The molecule has 102 valence electrons. The summed E-state index contributed by atoms with van der Waals surface area (Å²) >= 11 is 0. The highest BCUT2D eigenvalue weighted by Gasteiger charge is 2.21. The number of benzene rings is 1. The van der Waals surface area contributed by atoms with Gasteiger partial charge < -0.3 is 5.11 Å². The Hall–Kier alpha value is -1.59. The minimum absolute atomic E-state index is 0.232. The van der Waals surface area contributed by atoms with Crippen LogP contribution in [0.4, 0.5) is 0 Å². The summed E-state index contributed by atoms with van der Waals surface area (Å²) in [5.74, 6) is 0. The maximum absolute atomic E-state index is 12.4. The van der Waals surface area contributed by atoms with Gasteiger partial charge in [-0.15, -0.1) is 0 Å². The Morgan fingerprint density at radius 2 is 1.68 bits per heavy atom. The Bertz CT molecular complexity index is 676. The highest BCUT2D eigenvalue weighted by atomic mass is 32.2. The second-order valence-corrected chi connectivity index (χ2v) is 6.95. The van der Waals surface area contributed by atoms with E-state index >= 15 is 0 Å². The molecule has 0 aliphatic carbocycles. The third-order valence-electron chi connectivity index (χ3n) is 2.97. The fourth-order valence-corrected chi connectivity index (χ4v) is 2.92. The molecule has 0 atom stereocenters. The summed E-state index contributed by atoms with van der Waals surface area (Å²) < 4.78 is 25.9. The van der Waals surface area contributed by atoms with Crippen molar-refractivity contribution in [2.24, 2.45) is 0 Å². The number of aliphatic hydroxyl groups is 1. The molecule has 0 radical (unpaired) electrons. The first kappa shape index (κ1) is 13.8. The molecule has 0 amide bonds. The molecule has 1 heterocycles. The molecule has 0 fully saturated rings. The molecule has 0 saturated heterocycles. The van der Waals surface area contributed by atoms with E-state index in [1.54, 1.807) is 44.2 Å². The Labute approximate surface area is 113 Å². The van der Waals surface area contributed by atoms with Crippen LogP contribution in [0.1, 0.15) is 25.0 Å². The fraction of sp³-hybridized carbons (Fsp3) is 0.286. The molecular weight excluding hydrogens is 262 g/mol. The van der Waals surface area contributed by atoms with Gasteiger partial charge >= 0.3 is 0 Å². The van der Waals surface area contributed by atoms with Crippen molar-refractivity contribution in [3.05, 3.63) is 53.9 Å². The van der Waals surface area contributed by atoms with Gasteiger partial charge in [0, 0.05) is 18.0 Å². The zero-order valence-corrected chi connectivity index (χ0v) is 12.0. The molecule has 1 aromatic heterocycles. The number of nitrogens with zero attached hydrogens (tertiary/aromatic N) is 1. The van der Waals surface area contributed by atoms with Gasteiger partial charge in [-0.2, -0.15) is 0 Å². The minimum Gasteiger partial charge on any atom is -0.386 e. The Morgan fingerprint density at radius 1 is 1.11 bits per heavy atom. The lowest BCUT2D eigenvalue weighted by atomic mass is 10.0.